The van der Waals surface area contributed by atoms with E-state index in [1.165, 1.54) is 5.56 Å². The standard InChI is InChI=1S/C22H23NO6/c1-13-21(14-2-3-16-18(8-14)26-11-25-16)15-9-19-20(28-12-27-19)10-17(15)29-22(13)23-4-6-24-7-5-23/h2-3,8-10,13,21-22H,4-7,11-12H2,1H3/t13-,21+,22+/m1/s1. The van der Waals surface area contributed by atoms with E-state index in [2.05, 4.69) is 30.0 Å². The lowest BCUT2D eigenvalue weighted by Crippen LogP contribution is -2.52. The van der Waals surface area contributed by atoms with Gasteiger partial charge in [-0.1, -0.05) is 13.0 Å². The zero-order valence-electron chi connectivity index (χ0n) is 16.3. The maximum atomic E-state index is 6.53. The summed E-state index contributed by atoms with van der Waals surface area (Å²) >= 11 is 0. The van der Waals surface area contributed by atoms with Crippen LogP contribution in [0.1, 0.15) is 24.0 Å². The van der Waals surface area contributed by atoms with Crippen molar-refractivity contribution < 1.29 is 28.4 Å². The number of hydrogen-bond donors (Lipinski definition) is 0. The van der Waals surface area contributed by atoms with E-state index in [0.717, 1.165) is 60.6 Å². The van der Waals surface area contributed by atoms with Crippen molar-refractivity contribution in [3.8, 4) is 28.7 Å². The second kappa shape index (κ2) is 6.71. The topological polar surface area (TPSA) is 58.6 Å². The van der Waals surface area contributed by atoms with Crippen LogP contribution in [0.25, 0.3) is 0 Å². The Hall–Kier alpha value is -2.64. The molecule has 0 radical (unpaired) electrons. The highest BCUT2D eigenvalue weighted by Crippen LogP contribution is 2.50. The number of hydrogen-bond acceptors (Lipinski definition) is 7. The highest BCUT2D eigenvalue weighted by molar-refractivity contribution is 5.57. The zero-order valence-corrected chi connectivity index (χ0v) is 16.3. The molecule has 0 aromatic heterocycles. The number of nitrogens with zero attached hydrogens (tertiary/aromatic N) is 1. The van der Waals surface area contributed by atoms with E-state index < -0.39 is 0 Å². The number of fused-ring (bicyclic) bond motifs is 3. The first-order valence-corrected chi connectivity index (χ1v) is 10.1. The van der Waals surface area contributed by atoms with Gasteiger partial charge in [0.1, 0.15) is 5.75 Å². The Labute approximate surface area is 169 Å². The van der Waals surface area contributed by atoms with Gasteiger partial charge in [0.05, 0.1) is 13.2 Å². The van der Waals surface area contributed by atoms with E-state index in [1.807, 2.05) is 12.1 Å². The van der Waals surface area contributed by atoms with Crippen LogP contribution < -0.4 is 23.7 Å². The Bertz CT molecular complexity index is 941. The molecule has 3 atom stereocenters. The number of ether oxygens (including phenoxy) is 6. The molecule has 0 spiro atoms. The summed E-state index contributed by atoms with van der Waals surface area (Å²) in [6.45, 7) is 5.96. The number of benzene rings is 2. The van der Waals surface area contributed by atoms with Crippen LogP contribution >= 0.6 is 0 Å². The van der Waals surface area contributed by atoms with Crippen molar-refractivity contribution in [1.82, 2.24) is 4.90 Å². The van der Waals surface area contributed by atoms with Gasteiger partial charge in [-0.2, -0.15) is 0 Å². The fourth-order valence-corrected chi connectivity index (χ4v) is 4.80. The third-order valence-corrected chi connectivity index (χ3v) is 6.22. The minimum atomic E-state index is -0.0396. The first kappa shape index (κ1) is 17.2. The Kier molecular flexibility index (Phi) is 3.99. The third-order valence-electron chi connectivity index (χ3n) is 6.22. The first-order chi connectivity index (χ1) is 14.3. The molecule has 6 rings (SSSR count). The Morgan fingerprint density at radius 2 is 1.48 bits per heavy atom. The molecule has 7 heteroatoms. The average Bonchev–Trinajstić information content (AvgIpc) is 3.41. The van der Waals surface area contributed by atoms with Crippen molar-refractivity contribution in [2.24, 2.45) is 5.92 Å². The molecule has 7 nitrogen and oxygen atoms in total. The van der Waals surface area contributed by atoms with E-state index in [9.17, 15) is 0 Å². The second-order valence-electron chi connectivity index (χ2n) is 7.85. The molecule has 0 amide bonds. The summed E-state index contributed by atoms with van der Waals surface area (Å²) in [5.74, 6) is 4.32. The van der Waals surface area contributed by atoms with Gasteiger partial charge in [-0.3, -0.25) is 4.90 Å². The van der Waals surface area contributed by atoms with Gasteiger partial charge < -0.3 is 28.4 Å². The van der Waals surface area contributed by atoms with Gasteiger partial charge >= 0.3 is 0 Å². The maximum Gasteiger partial charge on any atom is 0.231 e. The van der Waals surface area contributed by atoms with E-state index in [1.54, 1.807) is 0 Å². The van der Waals surface area contributed by atoms with Crippen LogP contribution in [0.2, 0.25) is 0 Å². The summed E-state index contributed by atoms with van der Waals surface area (Å²) in [7, 11) is 0. The Morgan fingerprint density at radius 3 is 2.28 bits per heavy atom. The normalized spacial score (nSPS) is 27.4. The van der Waals surface area contributed by atoms with Crippen LogP contribution in [0.4, 0.5) is 0 Å². The van der Waals surface area contributed by atoms with Gasteiger partial charge in [-0.05, 0) is 23.8 Å². The molecule has 2 aromatic rings. The molecule has 0 N–H and O–H groups in total. The predicted octanol–water partition coefficient (Wildman–Crippen LogP) is 2.96. The SMILES string of the molecule is C[C@@H]1[C@@H](c2ccc3c(c2)OCO3)c2cc3c(cc2O[C@@H]1N1CCOCC1)OCO3. The van der Waals surface area contributed by atoms with Gasteiger partial charge in [0.25, 0.3) is 0 Å². The van der Waals surface area contributed by atoms with Crippen LogP contribution in [0.5, 0.6) is 28.7 Å². The summed E-state index contributed by atoms with van der Waals surface area (Å²) in [6, 6.07) is 10.3. The lowest BCUT2D eigenvalue weighted by molar-refractivity contribution is -0.0784. The van der Waals surface area contributed by atoms with Gasteiger partial charge in [-0.15, -0.1) is 0 Å². The highest BCUT2D eigenvalue weighted by atomic mass is 16.7. The lowest BCUT2D eigenvalue weighted by Gasteiger charge is -2.44. The monoisotopic (exact) mass is 397 g/mol. The van der Waals surface area contributed by atoms with E-state index in [0.29, 0.717) is 0 Å². The molecule has 152 valence electrons. The van der Waals surface area contributed by atoms with Crippen molar-refractivity contribution in [2.45, 2.75) is 19.1 Å². The summed E-state index contributed by atoms with van der Waals surface area (Å²) < 4.78 is 34.5. The largest absolute Gasteiger partial charge is 0.474 e. The molecule has 2 aromatic carbocycles. The third kappa shape index (κ3) is 2.80. The van der Waals surface area contributed by atoms with E-state index in [4.69, 9.17) is 28.4 Å². The molecule has 4 aliphatic heterocycles. The zero-order chi connectivity index (χ0) is 19.4. The van der Waals surface area contributed by atoms with Gasteiger partial charge in [-0.25, -0.2) is 0 Å². The molecule has 0 saturated carbocycles. The van der Waals surface area contributed by atoms with Crippen molar-refractivity contribution in [3.63, 3.8) is 0 Å². The average molecular weight is 397 g/mol. The fraction of sp³-hybridized carbons (Fsp3) is 0.455. The fourth-order valence-electron chi connectivity index (χ4n) is 4.80. The quantitative estimate of drug-likeness (QED) is 0.772. The summed E-state index contributed by atoms with van der Waals surface area (Å²) in [4.78, 5) is 2.38. The van der Waals surface area contributed by atoms with Crippen LogP contribution in [0, 0.1) is 5.92 Å². The molecule has 1 saturated heterocycles. The Morgan fingerprint density at radius 1 is 0.793 bits per heavy atom. The smallest absolute Gasteiger partial charge is 0.231 e. The van der Waals surface area contributed by atoms with Crippen LogP contribution in [-0.4, -0.2) is 51.0 Å². The molecule has 0 bridgehead atoms. The molecule has 0 unspecified atom stereocenters. The van der Waals surface area contributed by atoms with Crippen LogP contribution in [-0.2, 0) is 4.74 Å². The van der Waals surface area contributed by atoms with Crippen LogP contribution in [0.3, 0.4) is 0 Å². The van der Waals surface area contributed by atoms with Gasteiger partial charge in [0.2, 0.25) is 13.6 Å². The Balaban J connectivity index is 1.45. The number of morpholine rings is 1. The molecule has 1 fully saturated rings. The minimum Gasteiger partial charge on any atom is -0.474 e. The summed E-state index contributed by atoms with van der Waals surface area (Å²) in [5.41, 5.74) is 2.30. The predicted molar refractivity (Wildman–Crippen MR) is 103 cm³/mol. The lowest BCUT2D eigenvalue weighted by atomic mass is 9.78. The summed E-state index contributed by atoms with van der Waals surface area (Å²) in [5, 5.41) is 0. The van der Waals surface area contributed by atoms with Gasteiger partial charge in [0.15, 0.2) is 29.2 Å². The van der Waals surface area contributed by atoms with Crippen molar-refractivity contribution in [1.29, 1.82) is 0 Å². The van der Waals surface area contributed by atoms with Crippen molar-refractivity contribution in [2.75, 3.05) is 39.9 Å². The first-order valence-electron chi connectivity index (χ1n) is 10.1. The molecular weight excluding hydrogens is 374 g/mol. The van der Waals surface area contributed by atoms with Gasteiger partial charge in [0, 0.05) is 36.6 Å². The molecular formula is C22H23NO6. The molecule has 29 heavy (non-hydrogen) atoms. The molecule has 0 aliphatic carbocycles. The highest BCUT2D eigenvalue weighted by Gasteiger charge is 2.41. The maximum absolute atomic E-state index is 6.53. The van der Waals surface area contributed by atoms with E-state index >= 15 is 0 Å². The summed E-state index contributed by atoms with van der Waals surface area (Å²) in [6.07, 6.45) is -0.0396. The van der Waals surface area contributed by atoms with E-state index in [-0.39, 0.29) is 31.6 Å². The van der Waals surface area contributed by atoms with Crippen LogP contribution in [0.15, 0.2) is 30.3 Å². The number of rotatable bonds is 2. The molecule has 4 aliphatic rings. The van der Waals surface area contributed by atoms with Crippen molar-refractivity contribution >= 4 is 0 Å². The molecule has 4 heterocycles. The minimum absolute atomic E-state index is 0.0396. The second-order valence-corrected chi connectivity index (χ2v) is 7.85. The van der Waals surface area contributed by atoms with Crippen molar-refractivity contribution in [3.05, 3.63) is 41.5 Å².